The number of carbonyl (C=O) groups excluding carboxylic acids is 1. The van der Waals surface area contributed by atoms with Crippen LogP contribution in [0.15, 0.2) is 60.8 Å². The number of allylic oxidation sites excluding steroid dienone is 9. The van der Waals surface area contributed by atoms with E-state index in [4.69, 9.17) is 0 Å². The van der Waals surface area contributed by atoms with Crippen molar-refractivity contribution in [3.8, 4) is 0 Å². The fourth-order valence-corrected chi connectivity index (χ4v) is 6.26. The van der Waals surface area contributed by atoms with Gasteiger partial charge in [0, 0.05) is 0 Å². The lowest BCUT2D eigenvalue weighted by Crippen LogP contribution is -2.50. The maximum Gasteiger partial charge on any atom is 0.267 e. The predicted octanol–water partition coefficient (Wildman–Crippen LogP) is 10.3. The van der Waals surface area contributed by atoms with E-state index in [-0.39, 0.29) is 6.42 Å². The quantitative estimate of drug-likeness (QED) is 0.0300. The summed E-state index contributed by atoms with van der Waals surface area (Å²) in [6, 6.07) is -1.26. The van der Waals surface area contributed by atoms with Crippen molar-refractivity contribution in [1.82, 2.24) is 5.32 Å². The van der Waals surface area contributed by atoms with Gasteiger partial charge in [0.15, 0.2) is 0 Å². The van der Waals surface area contributed by atoms with Gasteiger partial charge in [-0.3, -0.25) is 9.35 Å². The van der Waals surface area contributed by atoms with E-state index in [9.17, 15) is 28.0 Å². The van der Waals surface area contributed by atoms with Crippen LogP contribution in [0.2, 0.25) is 0 Å². The van der Waals surface area contributed by atoms with E-state index in [0.29, 0.717) is 12.8 Å². The molecule has 284 valence electrons. The molecule has 0 bridgehead atoms. The van der Waals surface area contributed by atoms with E-state index in [1.165, 1.54) is 70.3 Å². The zero-order valence-electron chi connectivity index (χ0n) is 31.2. The highest BCUT2D eigenvalue weighted by Crippen LogP contribution is 2.13. The molecule has 0 aliphatic heterocycles. The molecular weight excluding hydrogens is 635 g/mol. The van der Waals surface area contributed by atoms with Gasteiger partial charge in [-0.2, -0.15) is 8.42 Å². The Balaban J connectivity index is 4.03. The Morgan fingerprint density at radius 2 is 1.04 bits per heavy atom. The van der Waals surface area contributed by atoms with Gasteiger partial charge in [0.1, 0.15) is 6.10 Å². The zero-order chi connectivity index (χ0) is 36.3. The van der Waals surface area contributed by atoms with E-state index in [1.54, 1.807) is 6.08 Å². The first kappa shape index (κ1) is 47.0. The van der Waals surface area contributed by atoms with Gasteiger partial charge >= 0.3 is 0 Å². The van der Waals surface area contributed by atoms with Crippen molar-refractivity contribution in [2.45, 2.75) is 186 Å². The second-order valence-corrected chi connectivity index (χ2v) is 14.8. The van der Waals surface area contributed by atoms with Crippen molar-refractivity contribution < 1.29 is 28.0 Å². The van der Waals surface area contributed by atoms with Crippen LogP contribution in [0.3, 0.4) is 0 Å². The Kier molecular flexibility index (Phi) is 33.0. The third-order valence-corrected chi connectivity index (χ3v) is 9.29. The van der Waals surface area contributed by atoms with Gasteiger partial charge in [-0.15, -0.1) is 0 Å². The van der Waals surface area contributed by atoms with Crippen LogP contribution < -0.4 is 5.32 Å². The molecule has 0 aromatic heterocycles. The van der Waals surface area contributed by atoms with Crippen LogP contribution in [0, 0.1) is 0 Å². The molecule has 7 nitrogen and oxygen atoms in total. The first-order chi connectivity index (χ1) is 23.7. The van der Waals surface area contributed by atoms with Crippen molar-refractivity contribution in [2.24, 2.45) is 0 Å². The summed E-state index contributed by atoms with van der Waals surface area (Å²) in [6.45, 7) is 4.37. The normalized spacial score (nSPS) is 14.6. The summed E-state index contributed by atoms with van der Waals surface area (Å²) in [5.74, 6) is -1.58. The molecule has 0 rings (SSSR count). The third-order valence-electron chi connectivity index (χ3n) is 8.51. The summed E-state index contributed by atoms with van der Waals surface area (Å²) in [5, 5.41) is 23.2. The number of hydrogen-bond acceptors (Lipinski definition) is 5. The fraction of sp³-hybridized carbons (Fsp3) is 0.732. The minimum absolute atomic E-state index is 0.256. The lowest BCUT2D eigenvalue weighted by Gasteiger charge is -2.22. The topological polar surface area (TPSA) is 124 Å². The second-order valence-electron chi connectivity index (χ2n) is 13.3. The monoisotopic (exact) mass is 708 g/mol. The first-order valence-corrected chi connectivity index (χ1v) is 21.2. The molecule has 0 aromatic rings. The summed E-state index contributed by atoms with van der Waals surface area (Å²) in [4.78, 5) is 12.5. The number of rotatable bonds is 34. The zero-order valence-corrected chi connectivity index (χ0v) is 32.0. The Morgan fingerprint density at radius 3 is 1.55 bits per heavy atom. The van der Waals surface area contributed by atoms with Crippen LogP contribution in [0.4, 0.5) is 0 Å². The average molecular weight is 708 g/mol. The van der Waals surface area contributed by atoms with E-state index in [1.807, 2.05) is 0 Å². The number of unbranched alkanes of at least 4 members (excludes halogenated alkanes) is 17. The summed E-state index contributed by atoms with van der Waals surface area (Å²) in [5.41, 5.74) is 0. The molecule has 0 heterocycles. The lowest BCUT2D eigenvalue weighted by atomic mass is 10.0. The van der Waals surface area contributed by atoms with E-state index in [0.717, 1.165) is 70.6 Å². The highest BCUT2D eigenvalue weighted by Gasteiger charge is 2.27. The molecule has 0 saturated carbocycles. The van der Waals surface area contributed by atoms with Gasteiger partial charge in [0.25, 0.3) is 10.1 Å². The van der Waals surface area contributed by atoms with E-state index in [2.05, 4.69) is 67.8 Å². The largest absolute Gasteiger partial charge is 0.387 e. The Hall–Kier alpha value is -2.00. The minimum Gasteiger partial charge on any atom is -0.387 e. The maximum atomic E-state index is 12.5. The summed E-state index contributed by atoms with van der Waals surface area (Å²) >= 11 is 0. The lowest BCUT2D eigenvalue weighted by molar-refractivity contribution is -0.130. The smallest absolute Gasteiger partial charge is 0.267 e. The number of aliphatic hydroxyl groups is 2. The summed E-state index contributed by atoms with van der Waals surface area (Å²) in [7, 11) is -4.45. The number of aliphatic hydroxyl groups excluding tert-OH is 2. The number of nitrogens with one attached hydrogen (secondary N) is 1. The second kappa shape index (κ2) is 34.4. The Labute approximate surface area is 301 Å². The molecular formula is C41H73NO6S. The van der Waals surface area contributed by atoms with Crippen molar-refractivity contribution in [2.75, 3.05) is 5.75 Å². The molecule has 49 heavy (non-hydrogen) atoms. The highest BCUT2D eigenvalue weighted by molar-refractivity contribution is 7.85. The third kappa shape index (κ3) is 34.2. The number of carbonyl (C=O) groups is 1. The predicted molar refractivity (Wildman–Crippen MR) is 208 cm³/mol. The van der Waals surface area contributed by atoms with Gasteiger partial charge < -0.3 is 15.5 Å². The van der Waals surface area contributed by atoms with Crippen molar-refractivity contribution in [3.05, 3.63) is 60.8 Å². The summed E-state index contributed by atoms with van der Waals surface area (Å²) in [6.07, 6.45) is 44.4. The number of amides is 1. The molecule has 4 N–H and O–H groups in total. The Morgan fingerprint density at radius 1 is 0.592 bits per heavy atom. The molecule has 0 saturated heterocycles. The van der Waals surface area contributed by atoms with Gasteiger partial charge in [-0.25, -0.2) is 0 Å². The molecule has 0 aliphatic rings. The highest BCUT2D eigenvalue weighted by atomic mass is 32.2. The van der Waals surface area contributed by atoms with Crippen molar-refractivity contribution >= 4 is 16.0 Å². The maximum absolute atomic E-state index is 12.5. The van der Waals surface area contributed by atoms with Crippen LogP contribution in [0.5, 0.6) is 0 Å². The first-order valence-electron chi connectivity index (χ1n) is 19.6. The van der Waals surface area contributed by atoms with Crippen LogP contribution in [0.25, 0.3) is 0 Å². The molecule has 0 radical (unpaired) electrons. The van der Waals surface area contributed by atoms with Crippen LogP contribution in [-0.2, 0) is 14.9 Å². The number of hydrogen-bond donors (Lipinski definition) is 4. The standard InChI is InChI=1S/C41H73NO6S/c1-3-5-7-9-11-13-15-16-17-18-19-20-21-22-23-24-25-26-28-30-32-34-36-40(44)41(45)42-38(37-49(46,47)48)39(43)35-33-31-29-27-14-12-10-8-6-4-2/h6,8,14,19-20,22-23,27,33,35,38-40,43-44H,3-5,7,9-13,15-18,21,24-26,28-32,34,36-37H2,1-2H3,(H,42,45)(H,46,47,48)/b8-6+,20-19-,23-22-,27-14+,35-33+. The molecule has 1 amide bonds. The van der Waals surface area contributed by atoms with Crippen molar-refractivity contribution in [3.63, 3.8) is 0 Å². The van der Waals surface area contributed by atoms with Gasteiger partial charge in [-0.1, -0.05) is 158 Å². The van der Waals surface area contributed by atoms with Crippen molar-refractivity contribution in [1.29, 1.82) is 0 Å². The SMILES string of the molecule is CC/C=C/CC/C=C/CC/C=C/C(O)C(CS(=O)(=O)O)NC(=O)C(O)CCCCCCCC/C=C\C/C=C\CCCCCCCCCCC. The molecule has 0 aliphatic carbocycles. The average Bonchev–Trinajstić information content (AvgIpc) is 3.06. The molecule has 8 heteroatoms. The van der Waals surface area contributed by atoms with Crippen LogP contribution >= 0.6 is 0 Å². The fourth-order valence-electron chi connectivity index (χ4n) is 5.52. The molecule has 3 atom stereocenters. The Bertz CT molecular complexity index is 1020. The van der Waals surface area contributed by atoms with E-state index >= 15 is 0 Å². The van der Waals surface area contributed by atoms with Gasteiger partial charge in [0.05, 0.1) is 17.9 Å². The molecule has 0 fully saturated rings. The van der Waals surface area contributed by atoms with Crippen LogP contribution in [0.1, 0.15) is 168 Å². The summed E-state index contributed by atoms with van der Waals surface area (Å²) < 4.78 is 32.3. The van der Waals surface area contributed by atoms with Crippen LogP contribution in [-0.4, -0.2) is 53.1 Å². The van der Waals surface area contributed by atoms with Gasteiger partial charge in [0.2, 0.25) is 5.91 Å². The molecule has 0 spiro atoms. The molecule has 3 unspecified atom stereocenters. The van der Waals surface area contributed by atoms with E-state index < -0.39 is 40.0 Å². The minimum atomic E-state index is -4.45. The van der Waals surface area contributed by atoms with Gasteiger partial charge in [-0.05, 0) is 70.6 Å². The molecule has 0 aromatic carbocycles.